The minimum absolute atomic E-state index is 0.0787. The smallest absolute Gasteiger partial charge is 0.292 e. The van der Waals surface area contributed by atoms with Crippen molar-refractivity contribution >= 4 is 11.4 Å². The summed E-state index contributed by atoms with van der Waals surface area (Å²) in [5, 5.41) is 23.6. The summed E-state index contributed by atoms with van der Waals surface area (Å²) in [6.45, 7) is 5.42. The van der Waals surface area contributed by atoms with E-state index >= 15 is 0 Å². The molecule has 2 fully saturated rings. The van der Waals surface area contributed by atoms with Gasteiger partial charge in [0.2, 0.25) is 0 Å². The van der Waals surface area contributed by atoms with Crippen LogP contribution < -0.4 is 10.2 Å². The Kier molecular flexibility index (Phi) is 4.22. The lowest BCUT2D eigenvalue weighted by atomic mass is 10.1. The molecule has 2 saturated heterocycles. The summed E-state index contributed by atoms with van der Waals surface area (Å²) in [5.74, 6) is 0. The Bertz CT molecular complexity index is 598. The third-order valence-electron chi connectivity index (χ3n) is 4.51. The van der Waals surface area contributed by atoms with E-state index in [4.69, 9.17) is 5.26 Å². The molecule has 1 unspecified atom stereocenters. The van der Waals surface area contributed by atoms with Crippen molar-refractivity contribution in [1.29, 1.82) is 5.26 Å². The van der Waals surface area contributed by atoms with Gasteiger partial charge in [-0.1, -0.05) is 0 Å². The molecule has 2 aliphatic heterocycles. The summed E-state index contributed by atoms with van der Waals surface area (Å²) in [5.41, 5.74) is 1.10. The van der Waals surface area contributed by atoms with Gasteiger partial charge in [0.25, 0.3) is 5.69 Å². The third-order valence-corrected chi connectivity index (χ3v) is 4.51. The van der Waals surface area contributed by atoms with Crippen LogP contribution in [0.4, 0.5) is 11.4 Å². The van der Waals surface area contributed by atoms with Crippen molar-refractivity contribution in [3.8, 4) is 6.07 Å². The number of anilines is 1. The normalized spacial score (nSPS) is 22.5. The van der Waals surface area contributed by atoms with Crippen LogP contribution in [0.5, 0.6) is 0 Å². The molecule has 116 valence electrons. The van der Waals surface area contributed by atoms with E-state index in [2.05, 4.69) is 16.3 Å². The quantitative estimate of drug-likeness (QED) is 0.661. The van der Waals surface area contributed by atoms with E-state index < -0.39 is 0 Å². The van der Waals surface area contributed by atoms with Crippen molar-refractivity contribution in [1.82, 2.24) is 10.2 Å². The Hall–Kier alpha value is -2.17. The molecule has 0 aromatic heterocycles. The van der Waals surface area contributed by atoms with Crippen LogP contribution in [0.3, 0.4) is 0 Å². The van der Waals surface area contributed by atoms with Crippen LogP contribution in [0.25, 0.3) is 0 Å². The highest BCUT2D eigenvalue weighted by Gasteiger charge is 2.28. The van der Waals surface area contributed by atoms with Crippen molar-refractivity contribution in [2.24, 2.45) is 0 Å². The summed E-state index contributed by atoms with van der Waals surface area (Å²) in [6, 6.07) is 7.21. The zero-order valence-electron chi connectivity index (χ0n) is 12.4. The van der Waals surface area contributed by atoms with E-state index in [1.165, 1.54) is 18.6 Å². The van der Waals surface area contributed by atoms with Gasteiger partial charge in [-0.15, -0.1) is 0 Å². The predicted molar refractivity (Wildman–Crippen MR) is 82.9 cm³/mol. The van der Waals surface area contributed by atoms with Crippen LogP contribution in [-0.4, -0.2) is 55.1 Å². The van der Waals surface area contributed by atoms with Gasteiger partial charge in [0.15, 0.2) is 0 Å². The first-order valence-electron chi connectivity index (χ1n) is 7.57. The van der Waals surface area contributed by atoms with E-state index in [0.29, 0.717) is 17.3 Å². The number of hydrogen-bond acceptors (Lipinski definition) is 6. The van der Waals surface area contributed by atoms with Gasteiger partial charge in [-0.25, -0.2) is 0 Å². The number of benzene rings is 1. The van der Waals surface area contributed by atoms with Crippen LogP contribution in [0.1, 0.15) is 12.0 Å². The Labute approximate surface area is 129 Å². The zero-order valence-corrected chi connectivity index (χ0v) is 12.4. The number of nitro benzene ring substituents is 1. The fourth-order valence-electron chi connectivity index (χ4n) is 3.28. The molecule has 2 aliphatic rings. The molecule has 0 amide bonds. The van der Waals surface area contributed by atoms with Gasteiger partial charge in [0.1, 0.15) is 5.69 Å². The van der Waals surface area contributed by atoms with Crippen LogP contribution >= 0.6 is 0 Å². The monoisotopic (exact) mass is 301 g/mol. The van der Waals surface area contributed by atoms with Gasteiger partial charge < -0.3 is 10.2 Å². The minimum Gasteiger partial charge on any atom is -0.363 e. The molecule has 0 aliphatic carbocycles. The highest BCUT2D eigenvalue weighted by molar-refractivity contribution is 5.66. The molecular weight excluding hydrogens is 282 g/mol. The van der Waals surface area contributed by atoms with Crippen molar-refractivity contribution in [2.75, 3.05) is 44.2 Å². The maximum atomic E-state index is 11.2. The molecule has 7 heteroatoms. The molecule has 2 heterocycles. The molecule has 1 atom stereocenters. The van der Waals surface area contributed by atoms with Gasteiger partial charge in [-0.3, -0.25) is 15.0 Å². The standard InChI is InChI=1S/C15H19N5O2/c16-10-12-1-2-14(20(21)22)15(9-12)19-7-5-18(6-8-19)13-3-4-17-11-13/h1-2,9,13,17H,3-8,11H2. The van der Waals surface area contributed by atoms with Gasteiger partial charge in [-0.2, -0.15) is 5.26 Å². The molecule has 0 spiro atoms. The van der Waals surface area contributed by atoms with Crippen molar-refractivity contribution in [2.45, 2.75) is 12.5 Å². The molecule has 1 aromatic carbocycles. The summed E-state index contributed by atoms with van der Waals surface area (Å²) in [6.07, 6.45) is 1.17. The van der Waals surface area contributed by atoms with E-state index in [1.54, 1.807) is 6.07 Å². The summed E-state index contributed by atoms with van der Waals surface area (Å²) >= 11 is 0. The Morgan fingerprint density at radius 2 is 2.09 bits per heavy atom. The number of nitrogens with one attached hydrogen (secondary N) is 1. The molecule has 7 nitrogen and oxygen atoms in total. The summed E-state index contributed by atoms with van der Waals surface area (Å²) in [4.78, 5) is 15.3. The van der Waals surface area contributed by atoms with Gasteiger partial charge in [0, 0.05) is 44.8 Å². The SMILES string of the molecule is N#Cc1ccc([N+](=O)[O-])c(N2CCN(C3CCNC3)CC2)c1. The fourth-order valence-corrected chi connectivity index (χ4v) is 3.28. The summed E-state index contributed by atoms with van der Waals surface area (Å²) in [7, 11) is 0. The molecular formula is C15H19N5O2. The molecule has 1 N–H and O–H groups in total. The fraction of sp³-hybridized carbons (Fsp3) is 0.533. The second-order valence-electron chi connectivity index (χ2n) is 5.74. The second-order valence-corrected chi connectivity index (χ2v) is 5.74. The van der Waals surface area contributed by atoms with Gasteiger partial charge in [-0.05, 0) is 25.1 Å². The van der Waals surface area contributed by atoms with Crippen LogP contribution in [-0.2, 0) is 0 Å². The van der Waals surface area contributed by atoms with Gasteiger partial charge in [0.05, 0.1) is 16.6 Å². The average molecular weight is 301 g/mol. The topological polar surface area (TPSA) is 85.4 Å². The first kappa shape index (κ1) is 14.8. The van der Waals surface area contributed by atoms with E-state index in [1.807, 2.05) is 4.90 Å². The maximum absolute atomic E-state index is 11.2. The zero-order chi connectivity index (χ0) is 15.5. The highest BCUT2D eigenvalue weighted by atomic mass is 16.6. The first-order valence-corrected chi connectivity index (χ1v) is 7.57. The van der Waals surface area contributed by atoms with E-state index in [0.717, 1.165) is 39.3 Å². The molecule has 0 bridgehead atoms. The first-order chi connectivity index (χ1) is 10.7. The molecule has 0 saturated carbocycles. The van der Waals surface area contributed by atoms with Crippen LogP contribution in [0, 0.1) is 21.4 Å². The van der Waals surface area contributed by atoms with Crippen molar-refractivity contribution in [3.63, 3.8) is 0 Å². The predicted octanol–water partition coefficient (Wildman–Crippen LogP) is 0.950. The van der Waals surface area contributed by atoms with Crippen molar-refractivity contribution < 1.29 is 4.92 Å². The molecule has 1 aromatic rings. The van der Waals surface area contributed by atoms with Crippen molar-refractivity contribution in [3.05, 3.63) is 33.9 Å². The Morgan fingerprint density at radius 1 is 1.32 bits per heavy atom. The molecule has 22 heavy (non-hydrogen) atoms. The lowest BCUT2D eigenvalue weighted by Crippen LogP contribution is -2.51. The minimum atomic E-state index is -0.371. The molecule has 0 radical (unpaired) electrons. The highest BCUT2D eigenvalue weighted by Crippen LogP contribution is 2.30. The Morgan fingerprint density at radius 3 is 2.68 bits per heavy atom. The largest absolute Gasteiger partial charge is 0.363 e. The Balaban J connectivity index is 1.75. The number of nitriles is 1. The van der Waals surface area contributed by atoms with E-state index in [9.17, 15) is 10.1 Å². The number of nitrogens with zero attached hydrogens (tertiary/aromatic N) is 4. The number of piperazine rings is 1. The number of hydrogen-bond donors (Lipinski definition) is 1. The number of nitro groups is 1. The molecule has 3 rings (SSSR count). The maximum Gasteiger partial charge on any atom is 0.292 e. The number of rotatable bonds is 3. The second kappa shape index (κ2) is 6.30. The lowest BCUT2D eigenvalue weighted by molar-refractivity contribution is -0.384. The third kappa shape index (κ3) is 2.89. The lowest BCUT2D eigenvalue weighted by Gasteiger charge is -2.38. The van der Waals surface area contributed by atoms with Crippen LogP contribution in [0.2, 0.25) is 0 Å². The van der Waals surface area contributed by atoms with Crippen LogP contribution in [0.15, 0.2) is 18.2 Å². The summed E-state index contributed by atoms with van der Waals surface area (Å²) < 4.78 is 0. The van der Waals surface area contributed by atoms with Gasteiger partial charge >= 0.3 is 0 Å². The average Bonchev–Trinajstić information content (AvgIpc) is 3.09. The van der Waals surface area contributed by atoms with E-state index in [-0.39, 0.29) is 10.6 Å².